The van der Waals surface area contributed by atoms with Crippen molar-refractivity contribution in [3.05, 3.63) is 42.0 Å². The lowest BCUT2D eigenvalue weighted by Crippen LogP contribution is -1.94. The molecule has 0 atom stereocenters. The van der Waals surface area contributed by atoms with E-state index in [1.54, 1.807) is 31.4 Å². The Hall–Kier alpha value is -2.76. The molecule has 0 saturated heterocycles. The van der Waals surface area contributed by atoms with E-state index in [0.29, 0.717) is 17.0 Å². The lowest BCUT2D eigenvalue weighted by molar-refractivity contribution is -0.133. The molecular weight excluding hydrogens is 254 g/mol. The van der Waals surface area contributed by atoms with Gasteiger partial charge in [0.05, 0.1) is 25.5 Å². The molecule has 102 valence electrons. The molecule has 1 rings (SSSR count). The SMILES string of the molecule is C/C=C/C=C=Nc1ccc(OC)cc1C#CC(=O)OC. The van der Waals surface area contributed by atoms with Crippen LogP contribution in [0.1, 0.15) is 12.5 Å². The summed E-state index contributed by atoms with van der Waals surface area (Å²) in [5.74, 6) is 7.87. The van der Waals surface area contributed by atoms with Crippen LogP contribution < -0.4 is 4.74 Å². The van der Waals surface area contributed by atoms with Gasteiger partial charge in [-0.2, -0.15) is 0 Å². The molecule has 4 heteroatoms. The molecule has 0 unspecified atom stereocenters. The normalized spacial score (nSPS) is 9.15. The molecule has 20 heavy (non-hydrogen) atoms. The number of esters is 1. The van der Waals surface area contributed by atoms with Crippen LogP contribution in [-0.4, -0.2) is 26.1 Å². The largest absolute Gasteiger partial charge is 0.497 e. The van der Waals surface area contributed by atoms with E-state index in [9.17, 15) is 4.79 Å². The van der Waals surface area contributed by atoms with Gasteiger partial charge in [0.1, 0.15) is 5.75 Å². The summed E-state index contributed by atoms with van der Waals surface area (Å²) in [4.78, 5) is 15.2. The first kappa shape index (κ1) is 15.3. The van der Waals surface area contributed by atoms with Gasteiger partial charge in [-0.25, -0.2) is 9.79 Å². The minimum absolute atomic E-state index is 0.566. The van der Waals surface area contributed by atoms with Crippen molar-refractivity contribution < 1.29 is 14.3 Å². The molecule has 1 aromatic rings. The Bertz CT molecular complexity index is 627. The number of ether oxygens (including phenoxy) is 2. The Balaban J connectivity index is 3.18. The van der Waals surface area contributed by atoms with Crippen LogP contribution in [-0.2, 0) is 9.53 Å². The van der Waals surface area contributed by atoms with Gasteiger partial charge in [0.2, 0.25) is 0 Å². The Morgan fingerprint density at radius 1 is 1.35 bits per heavy atom. The standard InChI is InChI=1S/C16H15NO3/c1-4-5-6-11-17-15-9-8-14(19-2)12-13(15)7-10-16(18)20-3/h4-6,8-9,12H,1-3H3/b5-4+. The van der Waals surface area contributed by atoms with Crippen molar-refractivity contribution in [3.8, 4) is 17.6 Å². The van der Waals surface area contributed by atoms with Crippen molar-refractivity contribution in [3.63, 3.8) is 0 Å². The van der Waals surface area contributed by atoms with Crippen LogP contribution in [0.15, 0.2) is 41.4 Å². The predicted molar refractivity (Wildman–Crippen MR) is 78.4 cm³/mol. The average molecular weight is 269 g/mol. The summed E-state index contributed by atoms with van der Waals surface area (Å²) in [5, 5.41) is 0. The van der Waals surface area contributed by atoms with Crippen LogP contribution in [0.4, 0.5) is 5.69 Å². The van der Waals surface area contributed by atoms with Crippen molar-refractivity contribution >= 4 is 17.5 Å². The number of methoxy groups -OCH3 is 2. The van der Waals surface area contributed by atoms with Gasteiger partial charge in [-0.15, -0.1) is 0 Å². The Morgan fingerprint density at radius 3 is 2.80 bits per heavy atom. The number of benzene rings is 1. The number of carbonyl (C=O) groups excluding carboxylic acids is 1. The average Bonchev–Trinajstić information content (AvgIpc) is 2.49. The van der Waals surface area contributed by atoms with Crippen molar-refractivity contribution in [1.82, 2.24) is 0 Å². The third-order valence-corrected chi connectivity index (χ3v) is 2.24. The van der Waals surface area contributed by atoms with E-state index in [1.165, 1.54) is 7.11 Å². The van der Waals surface area contributed by atoms with Crippen LogP contribution in [0.5, 0.6) is 5.75 Å². The molecule has 0 amide bonds. The highest BCUT2D eigenvalue weighted by molar-refractivity contribution is 5.89. The third-order valence-electron chi connectivity index (χ3n) is 2.24. The maximum atomic E-state index is 11.1. The zero-order valence-corrected chi connectivity index (χ0v) is 11.6. The zero-order chi connectivity index (χ0) is 14.8. The minimum Gasteiger partial charge on any atom is -0.497 e. The lowest BCUT2D eigenvalue weighted by Gasteiger charge is -2.02. The first-order valence-electron chi connectivity index (χ1n) is 5.90. The maximum absolute atomic E-state index is 11.1. The topological polar surface area (TPSA) is 47.9 Å². The van der Waals surface area contributed by atoms with Crippen LogP contribution in [0, 0.1) is 11.8 Å². The molecule has 0 aliphatic heterocycles. The second-order valence-electron chi connectivity index (χ2n) is 3.56. The Kier molecular flexibility index (Phi) is 6.40. The van der Waals surface area contributed by atoms with E-state index in [2.05, 4.69) is 27.4 Å². The zero-order valence-electron chi connectivity index (χ0n) is 11.6. The molecule has 0 heterocycles. The molecule has 0 saturated carbocycles. The molecule has 0 bridgehead atoms. The van der Waals surface area contributed by atoms with Crippen molar-refractivity contribution in [1.29, 1.82) is 0 Å². The highest BCUT2D eigenvalue weighted by Gasteiger charge is 2.01. The van der Waals surface area contributed by atoms with Gasteiger partial charge in [-0.1, -0.05) is 18.1 Å². The summed E-state index contributed by atoms with van der Waals surface area (Å²) in [6, 6.07) is 5.21. The lowest BCUT2D eigenvalue weighted by atomic mass is 10.1. The highest BCUT2D eigenvalue weighted by Crippen LogP contribution is 2.23. The van der Waals surface area contributed by atoms with Gasteiger partial charge < -0.3 is 9.47 Å². The highest BCUT2D eigenvalue weighted by atomic mass is 16.5. The summed E-state index contributed by atoms with van der Waals surface area (Å²) in [6.45, 7) is 1.90. The Labute approximate surface area is 118 Å². The van der Waals surface area contributed by atoms with E-state index in [-0.39, 0.29) is 0 Å². The van der Waals surface area contributed by atoms with E-state index in [4.69, 9.17) is 4.74 Å². The van der Waals surface area contributed by atoms with Gasteiger partial charge in [-0.3, -0.25) is 0 Å². The van der Waals surface area contributed by atoms with Gasteiger partial charge in [0.15, 0.2) is 0 Å². The number of aliphatic imine (C=N–C) groups is 1. The van der Waals surface area contributed by atoms with Crippen LogP contribution in [0.3, 0.4) is 0 Å². The molecule has 4 nitrogen and oxygen atoms in total. The maximum Gasteiger partial charge on any atom is 0.384 e. The number of rotatable bonds is 3. The second kappa shape index (κ2) is 8.36. The number of carbonyl (C=O) groups is 1. The fourth-order valence-corrected chi connectivity index (χ4v) is 1.26. The molecule has 0 N–H and O–H groups in total. The number of allylic oxidation sites excluding steroid dienone is 3. The van der Waals surface area contributed by atoms with E-state index in [0.717, 1.165) is 0 Å². The summed E-state index contributed by atoms with van der Waals surface area (Å²) in [6.07, 6.45) is 5.36. The van der Waals surface area contributed by atoms with Crippen molar-refractivity contribution in [2.45, 2.75) is 6.92 Å². The number of hydrogen-bond acceptors (Lipinski definition) is 4. The molecule has 1 aromatic carbocycles. The minimum atomic E-state index is -0.604. The van der Waals surface area contributed by atoms with Crippen LogP contribution in [0.25, 0.3) is 0 Å². The first-order chi connectivity index (χ1) is 9.71. The van der Waals surface area contributed by atoms with Gasteiger partial charge in [0, 0.05) is 5.92 Å². The fourth-order valence-electron chi connectivity index (χ4n) is 1.26. The number of hydrogen-bond donors (Lipinski definition) is 0. The molecule has 0 aliphatic rings. The summed E-state index contributed by atoms with van der Waals surface area (Å²) < 4.78 is 9.60. The van der Waals surface area contributed by atoms with Crippen molar-refractivity contribution in [2.24, 2.45) is 4.99 Å². The van der Waals surface area contributed by atoms with Gasteiger partial charge in [0.25, 0.3) is 0 Å². The van der Waals surface area contributed by atoms with Gasteiger partial charge in [-0.05, 0) is 37.1 Å². The summed E-state index contributed by atoms with van der Waals surface area (Å²) >= 11 is 0. The molecule has 0 spiro atoms. The van der Waals surface area contributed by atoms with Crippen LogP contribution in [0.2, 0.25) is 0 Å². The summed E-state index contributed by atoms with van der Waals surface area (Å²) in [7, 11) is 2.84. The quantitative estimate of drug-likeness (QED) is 0.367. The fraction of sp³-hybridized carbons (Fsp3) is 0.188. The second-order valence-corrected chi connectivity index (χ2v) is 3.56. The first-order valence-corrected chi connectivity index (χ1v) is 5.90. The molecule has 0 radical (unpaired) electrons. The molecule has 0 aromatic heterocycles. The monoisotopic (exact) mass is 269 g/mol. The van der Waals surface area contributed by atoms with Crippen LogP contribution >= 0.6 is 0 Å². The Morgan fingerprint density at radius 2 is 2.15 bits per heavy atom. The molecular formula is C16H15NO3. The van der Waals surface area contributed by atoms with E-state index >= 15 is 0 Å². The van der Waals surface area contributed by atoms with E-state index in [1.807, 2.05) is 19.1 Å². The summed E-state index contributed by atoms with van der Waals surface area (Å²) in [5.41, 5.74) is 1.17. The number of nitrogens with zero attached hydrogens (tertiary/aromatic N) is 1. The van der Waals surface area contributed by atoms with Crippen molar-refractivity contribution in [2.75, 3.05) is 14.2 Å². The predicted octanol–water partition coefficient (Wildman–Crippen LogP) is 2.65. The molecule has 0 fully saturated rings. The smallest absolute Gasteiger partial charge is 0.384 e. The molecule has 0 aliphatic carbocycles. The third kappa shape index (κ3) is 4.85. The van der Waals surface area contributed by atoms with Gasteiger partial charge >= 0.3 is 5.97 Å². The van der Waals surface area contributed by atoms with E-state index < -0.39 is 5.97 Å².